The van der Waals surface area contributed by atoms with E-state index < -0.39 is 0 Å². The zero-order valence-electron chi connectivity index (χ0n) is 13.0. The second kappa shape index (κ2) is 7.12. The Morgan fingerprint density at radius 1 is 1.09 bits per heavy atom. The molecule has 0 bridgehead atoms. The molecule has 0 unspecified atom stereocenters. The third-order valence-electron chi connectivity index (χ3n) is 4.29. The molecule has 1 aliphatic rings. The topological polar surface area (TPSA) is 19.4 Å². The second-order valence-corrected chi connectivity index (χ2v) is 6.27. The van der Waals surface area contributed by atoms with Crippen molar-refractivity contribution < 1.29 is 0 Å². The van der Waals surface area contributed by atoms with Gasteiger partial charge in [0.15, 0.2) is 0 Å². The molecule has 0 N–H and O–H groups in total. The van der Waals surface area contributed by atoms with Gasteiger partial charge in [-0.3, -0.25) is 9.88 Å². The molecule has 3 rings (SSSR count). The molecule has 0 radical (unpaired) electrons. The summed E-state index contributed by atoms with van der Waals surface area (Å²) in [6.07, 6.45) is 2.90. The number of nitrogens with zero attached hydrogens (tertiary/aromatic N) is 3. The zero-order chi connectivity index (χ0) is 15.4. The van der Waals surface area contributed by atoms with Crippen LogP contribution in [0.1, 0.15) is 11.3 Å². The van der Waals surface area contributed by atoms with E-state index in [2.05, 4.69) is 46.0 Å². The minimum absolute atomic E-state index is 0.818. The number of pyridine rings is 1. The lowest BCUT2D eigenvalue weighted by Gasteiger charge is -2.36. The molecule has 2 aromatic rings. The van der Waals surface area contributed by atoms with Crippen LogP contribution in [-0.4, -0.2) is 42.6 Å². The lowest BCUT2D eigenvalue weighted by Crippen LogP contribution is -2.47. The van der Waals surface area contributed by atoms with Crippen molar-refractivity contribution in [2.24, 2.45) is 0 Å². The van der Waals surface area contributed by atoms with E-state index in [0.717, 1.165) is 44.2 Å². The Balaban J connectivity index is 1.53. The predicted octanol–water partition coefficient (Wildman–Crippen LogP) is 3.41. The molecule has 4 heteroatoms. The minimum atomic E-state index is 0.818. The van der Waals surface area contributed by atoms with Crippen LogP contribution in [0, 0.1) is 6.92 Å². The molecule has 116 valence electrons. The number of benzene rings is 1. The summed E-state index contributed by atoms with van der Waals surface area (Å²) >= 11 is 6.14. The number of piperazine rings is 1. The highest BCUT2D eigenvalue weighted by Crippen LogP contribution is 2.25. The molecule has 1 aliphatic heterocycles. The number of aryl methyl sites for hydroxylation is 1. The standard InChI is InChI=1S/C18H22ClN3/c1-15-5-6-16(19)14-18(15)22-12-10-21(11-13-22)9-7-17-4-2-3-8-20-17/h2-6,8,14H,7,9-13H2,1H3. The fraction of sp³-hybridized carbons (Fsp3) is 0.389. The summed E-state index contributed by atoms with van der Waals surface area (Å²) in [5, 5.41) is 0.818. The molecule has 0 spiro atoms. The van der Waals surface area contributed by atoms with Gasteiger partial charge in [-0.15, -0.1) is 0 Å². The van der Waals surface area contributed by atoms with Gasteiger partial charge in [-0.05, 0) is 36.8 Å². The molecule has 2 heterocycles. The maximum Gasteiger partial charge on any atom is 0.0426 e. The predicted molar refractivity (Wildman–Crippen MR) is 92.8 cm³/mol. The van der Waals surface area contributed by atoms with Crippen LogP contribution in [0.25, 0.3) is 0 Å². The Labute approximate surface area is 137 Å². The summed E-state index contributed by atoms with van der Waals surface area (Å²) < 4.78 is 0. The van der Waals surface area contributed by atoms with Crippen LogP contribution in [0.15, 0.2) is 42.6 Å². The van der Waals surface area contributed by atoms with Crippen molar-refractivity contribution in [3.63, 3.8) is 0 Å². The van der Waals surface area contributed by atoms with Crippen molar-refractivity contribution in [1.29, 1.82) is 0 Å². The highest BCUT2D eigenvalue weighted by atomic mass is 35.5. The van der Waals surface area contributed by atoms with Crippen molar-refractivity contribution in [2.75, 3.05) is 37.6 Å². The number of halogens is 1. The van der Waals surface area contributed by atoms with Gasteiger partial charge in [0.1, 0.15) is 0 Å². The van der Waals surface area contributed by atoms with E-state index in [1.807, 2.05) is 18.3 Å². The number of hydrogen-bond donors (Lipinski definition) is 0. The SMILES string of the molecule is Cc1ccc(Cl)cc1N1CCN(CCc2ccccn2)CC1. The van der Waals surface area contributed by atoms with Crippen LogP contribution in [0.5, 0.6) is 0 Å². The van der Waals surface area contributed by atoms with E-state index in [4.69, 9.17) is 11.6 Å². The number of hydrogen-bond acceptors (Lipinski definition) is 3. The first-order valence-electron chi connectivity index (χ1n) is 7.86. The van der Waals surface area contributed by atoms with Crippen molar-refractivity contribution in [3.8, 4) is 0 Å². The maximum absolute atomic E-state index is 6.14. The molecule has 1 fully saturated rings. The van der Waals surface area contributed by atoms with E-state index >= 15 is 0 Å². The van der Waals surface area contributed by atoms with E-state index in [1.54, 1.807) is 0 Å². The molecule has 0 saturated carbocycles. The highest BCUT2D eigenvalue weighted by Gasteiger charge is 2.18. The number of aromatic nitrogens is 1. The first kappa shape index (κ1) is 15.3. The second-order valence-electron chi connectivity index (χ2n) is 5.83. The first-order valence-corrected chi connectivity index (χ1v) is 8.23. The molecule has 22 heavy (non-hydrogen) atoms. The van der Waals surface area contributed by atoms with Gasteiger partial charge in [0.05, 0.1) is 0 Å². The third kappa shape index (κ3) is 3.79. The minimum Gasteiger partial charge on any atom is -0.369 e. The summed E-state index contributed by atoms with van der Waals surface area (Å²) in [5.41, 5.74) is 3.75. The van der Waals surface area contributed by atoms with Crippen LogP contribution < -0.4 is 4.90 Å². The fourth-order valence-corrected chi connectivity index (χ4v) is 3.12. The first-order chi connectivity index (χ1) is 10.7. The Morgan fingerprint density at radius 2 is 1.91 bits per heavy atom. The summed E-state index contributed by atoms with van der Waals surface area (Å²) in [6, 6.07) is 12.3. The van der Waals surface area contributed by atoms with Crippen LogP contribution in [0.3, 0.4) is 0 Å². The molecule has 0 atom stereocenters. The van der Waals surface area contributed by atoms with Gasteiger partial charge >= 0.3 is 0 Å². The summed E-state index contributed by atoms with van der Waals surface area (Å²) in [4.78, 5) is 9.36. The molecule has 1 saturated heterocycles. The van der Waals surface area contributed by atoms with Gasteiger partial charge in [0.25, 0.3) is 0 Å². The molecule has 3 nitrogen and oxygen atoms in total. The lowest BCUT2D eigenvalue weighted by atomic mass is 10.1. The molecule has 0 aliphatic carbocycles. The Bertz CT molecular complexity index is 607. The van der Waals surface area contributed by atoms with Crippen LogP contribution in [0.2, 0.25) is 5.02 Å². The van der Waals surface area contributed by atoms with Gasteiger partial charge < -0.3 is 4.90 Å². The van der Waals surface area contributed by atoms with E-state index in [-0.39, 0.29) is 0 Å². The quantitative estimate of drug-likeness (QED) is 0.862. The van der Waals surface area contributed by atoms with Gasteiger partial charge in [-0.25, -0.2) is 0 Å². The number of anilines is 1. The Hall–Kier alpha value is -1.58. The Morgan fingerprint density at radius 3 is 2.64 bits per heavy atom. The van der Waals surface area contributed by atoms with Crippen LogP contribution in [0.4, 0.5) is 5.69 Å². The van der Waals surface area contributed by atoms with Crippen LogP contribution in [-0.2, 0) is 6.42 Å². The monoisotopic (exact) mass is 315 g/mol. The maximum atomic E-state index is 6.14. The molecular formula is C18H22ClN3. The lowest BCUT2D eigenvalue weighted by molar-refractivity contribution is 0.260. The molecular weight excluding hydrogens is 294 g/mol. The van der Waals surface area contributed by atoms with Crippen molar-refractivity contribution in [3.05, 3.63) is 58.9 Å². The fourth-order valence-electron chi connectivity index (χ4n) is 2.95. The van der Waals surface area contributed by atoms with Crippen molar-refractivity contribution >= 4 is 17.3 Å². The molecule has 1 aromatic carbocycles. The molecule has 0 amide bonds. The van der Waals surface area contributed by atoms with E-state index in [0.29, 0.717) is 0 Å². The van der Waals surface area contributed by atoms with Gasteiger partial charge in [-0.2, -0.15) is 0 Å². The normalized spacial score (nSPS) is 16.0. The average Bonchev–Trinajstić information content (AvgIpc) is 2.57. The largest absolute Gasteiger partial charge is 0.369 e. The third-order valence-corrected chi connectivity index (χ3v) is 4.53. The Kier molecular flexibility index (Phi) is 4.96. The summed E-state index contributed by atoms with van der Waals surface area (Å²) in [6.45, 7) is 7.54. The van der Waals surface area contributed by atoms with Crippen molar-refractivity contribution in [1.82, 2.24) is 9.88 Å². The summed E-state index contributed by atoms with van der Waals surface area (Å²) in [7, 11) is 0. The van der Waals surface area contributed by atoms with E-state index in [1.165, 1.54) is 16.9 Å². The average molecular weight is 316 g/mol. The van der Waals surface area contributed by atoms with Gasteiger partial charge in [0.2, 0.25) is 0 Å². The highest BCUT2D eigenvalue weighted by molar-refractivity contribution is 6.30. The zero-order valence-corrected chi connectivity index (χ0v) is 13.8. The van der Waals surface area contributed by atoms with E-state index in [9.17, 15) is 0 Å². The molecule has 1 aromatic heterocycles. The summed E-state index contributed by atoms with van der Waals surface area (Å²) in [5.74, 6) is 0. The number of rotatable bonds is 4. The van der Waals surface area contributed by atoms with Gasteiger partial charge in [-0.1, -0.05) is 23.7 Å². The smallest absolute Gasteiger partial charge is 0.0426 e. The van der Waals surface area contributed by atoms with Crippen LogP contribution >= 0.6 is 11.6 Å². The van der Waals surface area contributed by atoms with Crippen molar-refractivity contribution in [2.45, 2.75) is 13.3 Å². The van der Waals surface area contributed by atoms with Gasteiger partial charge in [0, 0.05) is 61.7 Å².